The Bertz CT molecular complexity index is 1390. The number of carbonyl (C=O) groups excluding carboxylic acids is 1. The minimum atomic E-state index is -0.912. The van der Waals surface area contributed by atoms with Gasteiger partial charge in [-0.25, -0.2) is 4.39 Å². The summed E-state index contributed by atoms with van der Waals surface area (Å²) in [6, 6.07) is 17.5. The largest absolute Gasteiger partial charge is 0.481 e. The third-order valence-electron chi connectivity index (χ3n) is 6.43. The molecule has 0 unspecified atom stereocenters. The van der Waals surface area contributed by atoms with Crippen molar-refractivity contribution in [1.29, 1.82) is 0 Å². The number of oxazole rings is 1. The molecule has 4 aromatic rings. The predicted octanol–water partition coefficient (Wildman–Crippen LogP) is 6.37. The van der Waals surface area contributed by atoms with Gasteiger partial charge in [0, 0.05) is 11.5 Å². The number of aliphatic carboxylic acids is 1. The number of carboxylic acids is 1. The van der Waals surface area contributed by atoms with E-state index in [2.05, 4.69) is 10.3 Å². The average molecular weight is 458 g/mol. The van der Waals surface area contributed by atoms with Gasteiger partial charge in [-0.15, -0.1) is 0 Å². The van der Waals surface area contributed by atoms with Crippen LogP contribution in [0, 0.1) is 24.6 Å². The maximum Gasteiger partial charge on any atom is 0.307 e. The summed E-state index contributed by atoms with van der Waals surface area (Å²) < 4.78 is 20.5. The van der Waals surface area contributed by atoms with Crippen molar-refractivity contribution in [3.63, 3.8) is 0 Å². The molecule has 1 aliphatic carbocycles. The van der Waals surface area contributed by atoms with E-state index in [-0.39, 0.29) is 17.5 Å². The normalized spacial score (nSPS) is 17.7. The zero-order valence-electron chi connectivity index (χ0n) is 18.5. The number of carboxylic acid groups (broad SMARTS) is 1. The van der Waals surface area contributed by atoms with Gasteiger partial charge in [0.2, 0.25) is 0 Å². The van der Waals surface area contributed by atoms with Crippen molar-refractivity contribution in [1.82, 2.24) is 4.98 Å². The van der Waals surface area contributed by atoms with Crippen LogP contribution < -0.4 is 5.32 Å². The lowest BCUT2D eigenvalue weighted by Gasteiger charge is -2.14. The van der Waals surface area contributed by atoms with Gasteiger partial charge >= 0.3 is 5.97 Å². The molecule has 0 saturated heterocycles. The molecule has 7 heteroatoms. The summed E-state index contributed by atoms with van der Waals surface area (Å²) in [7, 11) is 0. The number of anilines is 2. The van der Waals surface area contributed by atoms with Gasteiger partial charge in [-0.3, -0.25) is 9.59 Å². The van der Waals surface area contributed by atoms with Gasteiger partial charge in [0.05, 0.1) is 11.6 Å². The number of benzene rings is 3. The average Bonchev–Trinajstić information content (AvgIpc) is 3.47. The molecule has 2 atom stereocenters. The Morgan fingerprint density at radius 3 is 2.47 bits per heavy atom. The molecule has 1 heterocycles. The molecule has 1 aromatic heterocycles. The zero-order chi connectivity index (χ0) is 23.8. The molecule has 1 aliphatic rings. The first-order valence-electron chi connectivity index (χ1n) is 11.2. The van der Waals surface area contributed by atoms with Crippen LogP contribution in [-0.2, 0) is 4.79 Å². The van der Waals surface area contributed by atoms with Gasteiger partial charge in [-0.05, 0) is 60.7 Å². The summed E-state index contributed by atoms with van der Waals surface area (Å²) in [5.41, 5.74) is 4.49. The molecule has 2 N–H and O–H groups in total. The summed E-state index contributed by atoms with van der Waals surface area (Å²) in [6.45, 7) is 1.96. The van der Waals surface area contributed by atoms with E-state index in [9.17, 15) is 19.1 Å². The topological polar surface area (TPSA) is 92.4 Å². The molecule has 0 spiro atoms. The molecule has 5 rings (SSSR count). The van der Waals surface area contributed by atoms with E-state index in [1.54, 1.807) is 36.4 Å². The fourth-order valence-electron chi connectivity index (χ4n) is 4.61. The number of fused-ring (bicyclic) bond motifs is 1. The van der Waals surface area contributed by atoms with Gasteiger partial charge < -0.3 is 14.8 Å². The van der Waals surface area contributed by atoms with Crippen LogP contribution in [-0.4, -0.2) is 21.8 Å². The molecule has 1 fully saturated rings. The number of carbonyl (C=O) groups is 2. The second-order valence-electron chi connectivity index (χ2n) is 8.73. The van der Waals surface area contributed by atoms with Crippen molar-refractivity contribution < 1.29 is 23.5 Å². The Morgan fingerprint density at radius 1 is 1.00 bits per heavy atom. The fraction of sp³-hybridized carbons (Fsp3) is 0.222. The van der Waals surface area contributed by atoms with Crippen LogP contribution in [0.3, 0.4) is 0 Å². The monoisotopic (exact) mass is 458 g/mol. The number of aryl methyl sites for hydroxylation is 1. The molecule has 172 valence electrons. The molecule has 0 bridgehead atoms. The SMILES string of the molecule is Cc1ccc2oc(Nc3ccc(-c4ccc(C(=O)[C@@H]5CCC[C@H]5C(=O)O)cc4)cc3F)nc2c1. The van der Waals surface area contributed by atoms with E-state index in [0.29, 0.717) is 35.1 Å². The third-order valence-corrected chi connectivity index (χ3v) is 6.43. The predicted molar refractivity (Wildman–Crippen MR) is 127 cm³/mol. The minimum Gasteiger partial charge on any atom is -0.481 e. The Morgan fingerprint density at radius 2 is 1.74 bits per heavy atom. The maximum absolute atomic E-state index is 14.8. The fourth-order valence-corrected chi connectivity index (χ4v) is 4.61. The number of nitrogens with zero attached hydrogens (tertiary/aromatic N) is 1. The van der Waals surface area contributed by atoms with Gasteiger partial charge in [0.1, 0.15) is 11.3 Å². The molecular weight excluding hydrogens is 435 g/mol. The summed E-state index contributed by atoms with van der Waals surface area (Å²) in [4.78, 5) is 28.6. The highest BCUT2D eigenvalue weighted by atomic mass is 19.1. The van der Waals surface area contributed by atoms with Crippen LogP contribution >= 0.6 is 0 Å². The zero-order valence-corrected chi connectivity index (χ0v) is 18.5. The highest BCUT2D eigenvalue weighted by Gasteiger charge is 2.37. The lowest BCUT2D eigenvalue weighted by Crippen LogP contribution is -2.25. The Balaban J connectivity index is 1.32. The number of ketones is 1. The van der Waals surface area contributed by atoms with Crippen LogP contribution in [0.25, 0.3) is 22.2 Å². The number of Topliss-reactive ketones (excluding diaryl/α,β-unsaturated/α-hetero) is 1. The van der Waals surface area contributed by atoms with Crippen molar-refractivity contribution in [2.24, 2.45) is 11.8 Å². The number of hydrogen-bond donors (Lipinski definition) is 2. The second kappa shape index (κ2) is 8.74. The smallest absolute Gasteiger partial charge is 0.307 e. The Labute approximate surface area is 195 Å². The Kier molecular flexibility index (Phi) is 5.61. The van der Waals surface area contributed by atoms with E-state index < -0.39 is 23.6 Å². The second-order valence-corrected chi connectivity index (χ2v) is 8.73. The van der Waals surface area contributed by atoms with Crippen LogP contribution in [0.2, 0.25) is 0 Å². The summed E-state index contributed by atoms with van der Waals surface area (Å²) in [6.07, 6.45) is 1.87. The van der Waals surface area contributed by atoms with E-state index in [1.165, 1.54) is 6.07 Å². The number of nitrogens with one attached hydrogen (secondary N) is 1. The molecule has 34 heavy (non-hydrogen) atoms. The summed E-state index contributed by atoms with van der Waals surface area (Å²) in [5, 5.41) is 12.2. The standard InChI is InChI=1S/C27H23FN2O4/c1-15-5-12-24-23(13-15)30-27(34-24)29-22-11-10-18(14-21(22)28)16-6-8-17(9-7-16)25(31)19-3-2-4-20(19)26(32)33/h5-14,19-20H,2-4H2,1H3,(H,29,30)(H,32,33)/t19-,20-/m1/s1. The summed E-state index contributed by atoms with van der Waals surface area (Å²) in [5.74, 6) is -2.62. The minimum absolute atomic E-state index is 0.143. The van der Waals surface area contributed by atoms with E-state index in [4.69, 9.17) is 4.42 Å². The molecule has 3 aromatic carbocycles. The molecule has 0 aliphatic heterocycles. The first-order valence-corrected chi connectivity index (χ1v) is 11.2. The maximum atomic E-state index is 14.8. The van der Waals surface area contributed by atoms with Crippen molar-refractivity contribution >= 4 is 34.6 Å². The molecule has 6 nitrogen and oxygen atoms in total. The number of rotatable bonds is 6. The first-order chi connectivity index (χ1) is 16.4. The number of hydrogen-bond acceptors (Lipinski definition) is 5. The van der Waals surface area contributed by atoms with Gasteiger partial charge in [-0.2, -0.15) is 4.98 Å². The van der Waals surface area contributed by atoms with Crippen molar-refractivity contribution in [2.75, 3.05) is 5.32 Å². The van der Waals surface area contributed by atoms with Gasteiger partial charge in [0.25, 0.3) is 6.01 Å². The number of halogens is 1. The van der Waals surface area contributed by atoms with Crippen LogP contribution in [0.4, 0.5) is 16.1 Å². The van der Waals surface area contributed by atoms with E-state index >= 15 is 0 Å². The van der Waals surface area contributed by atoms with Gasteiger partial charge in [0.15, 0.2) is 11.4 Å². The third kappa shape index (κ3) is 4.17. The van der Waals surface area contributed by atoms with Crippen molar-refractivity contribution in [2.45, 2.75) is 26.2 Å². The van der Waals surface area contributed by atoms with E-state index in [1.807, 2.05) is 25.1 Å². The van der Waals surface area contributed by atoms with Crippen molar-refractivity contribution in [3.05, 3.63) is 77.6 Å². The molecule has 0 radical (unpaired) electrons. The molecular formula is C27H23FN2O4. The number of aromatic nitrogens is 1. The van der Waals surface area contributed by atoms with E-state index in [0.717, 1.165) is 17.5 Å². The first kappa shape index (κ1) is 21.8. The molecule has 0 amide bonds. The lowest BCUT2D eigenvalue weighted by atomic mass is 9.88. The summed E-state index contributed by atoms with van der Waals surface area (Å²) >= 11 is 0. The van der Waals surface area contributed by atoms with Crippen molar-refractivity contribution in [3.8, 4) is 11.1 Å². The molecule has 1 saturated carbocycles. The Hall–Kier alpha value is -4.00. The van der Waals surface area contributed by atoms with Crippen LogP contribution in [0.15, 0.2) is 65.1 Å². The van der Waals surface area contributed by atoms with Gasteiger partial charge in [-0.1, -0.05) is 42.8 Å². The van der Waals surface area contributed by atoms with Crippen LogP contribution in [0.1, 0.15) is 35.2 Å². The highest BCUT2D eigenvalue weighted by Crippen LogP contribution is 2.35. The highest BCUT2D eigenvalue weighted by molar-refractivity contribution is 6.00. The lowest BCUT2D eigenvalue weighted by molar-refractivity contribution is -0.142. The van der Waals surface area contributed by atoms with Crippen LogP contribution in [0.5, 0.6) is 0 Å². The quantitative estimate of drug-likeness (QED) is 0.326.